The van der Waals surface area contributed by atoms with Gasteiger partial charge in [0.15, 0.2) is 6.10 Å². The molecule has 0 aliphatic carbocycles. The van der Waals surface area contributed by atoms with E-state index in [-0.39, 0.29) is 6.42 Å². The molecule has 1 heterocycles. The fourth-order valence-electron chi connectivity index (χ4n) is 2.98. The first-order chi connectivity index (χ1) is 15.1. The Morgan fingerprint density at radius 2 is 1.91 bits per heavy atom. The summed E-state index contributed by atoms with van der Waals surface area (Å²) in [6.45, 7) is 1.20. The molecule has 166 valence electrons. The van der Waals surface area contributed by atoms with Crippen LogP contribution in [0.3, 0.4) is 0 Å². The second-order valence-corrected chi connectivity index (χ2v) is 6.78. The molecule has 0 spiro atoms. The summed E-state index contributed by atoms with van der Waals surface area (Å²) in [5.41, 5.74) is -1.70. The molecule has 0 saturated carbocycles. The molecule has 3 aromatic rings. The number of carbonyl (C=O) groups excluding carboxylic acids is 2. The number of nitrogens with zero attached hydrogens (tertiary/aromatic N) is 2. The van der Waals surface area contributed by atoms with Gasteiger partial charge >= 0.3 is 12.1 Å². The highest BCUT2D eigenvalue weighted by atomic mass is 19.4. The molecule has 0 aliphatic heterocycles. The van der Waals surface area contributed by atoms with Crippen LogP contribution >= 0.6 is 0 Å². The van der Waals surface area contributed by atoms with Gasteiger partial charge in [-0.3, -0.25) is 24.7 Å². The Morgan fingerprint density at radius 1 is 1.19 bits per heavy atom. The Bertz CT molecular complexity index is 1190. The number of carbonyl (C=O) groups is 2. The Kier molecular flexibility index (Phi) is 6.37. The molecule has 1 N–H and O–H groups in total. The van der Waals surface area contributed by atoms with Crippen molar-refractivity contribution < 1.29 is 32.4 Å². The number of para-hydroxylation sites is 1. The summed E-state index contributed by atoms with van der Waals surface area (Å²) in [7, 11) is 0. The number of benzene rings is 2. The Labute approximate surface area is 179 Å². The van der Waals surface area contributed by atoms with E-state index in [2.05, 4.69) is 4.98 Å². The van der Waals surface area contributed by atoms with Gasteiger partial charge in [-0.25, -0.2) is 0 Å². The number of anilines is 1. The first-order valence-corrected chi connectivity index (χ1v) is 9.25. The second kappa shape index (κ2) is 9.00. The van der Waals surface area contributed by atoms with Gasteiger partial charge in [-0.15, -0.1) is 0 Å². The minimum atomic E-state index is -4.95. The first-order valence-electron chi connectivity index (χ1n) is 9.25. The molecule has 0 bridgehead atoms. The van der Waals surface area contributed by atoms with Crippen molar-refractivity contribution in [3.8, 4) is 0 Å². The number of amides is 1. The second-order valence-electron chi connectivity index (χ2n) is 6.78. The van der Waals surface area contributed by atoms with Crippen molar-refractivity contribution in [2.24, 2.45) is 0 Å². The number of nitro benzene ring substituents is 1. The van der Waals surface area contributed by atoms with Crippen molar-refractivity contribution in [2.45, 2.75) is 25.6 Å². The molecule has 3 rings (SSSR count). The van der Waals surface area contributed by atoms with Crippen LogP contribution in [0.1, 0.15) is 18.1 Å². The highest BCUT2D eigenvalue weighted by molar-refractivity contribution is 5.96. The number of esters is 1. The third kappa shape index (κ3) is 5.17. The number of alkyl halides is 3. The predicted molar refractivity (Wildman–Crippen MR) is 108 cm³/mol. The van der Waals surface area contributed by atoms with E-state index in [0.29, 0.717) is 17.1 Å². The van der Waals surface area contributed by atoms with Gasteiger partial charge in [0.05, 0.1) is 28.1 Å². The molecule has 32 heavy (non-hydrogen) atoms. The van der Waals surface area contributed by atoms with Gasteiger partial charge in [0.25, 0.3) is 11.6 Å². The van der Waals surface area contributed by atoms with Crippen LogP contribution in [0.4, 0.5) is 24.5 Å². The number of aromatic nitrogens is 1. The lowest BCUT2D eigenvalue weighted by Crippen LogP contribution is -2.31. The van der Waals surface area contributed by atoms with Crippen molar-refractivity contribution in [1.29, 1.82) is 0 Å². The average Bonchev–Trinajstić information content (AvgIpc) is 2.73. The molecule has 0 radical (unpaired) electrons. The van der Waals surface area contributed by atoms with Gasteiger partial charge in [0.2, 0.25) is 0 Å². The summed E-state index contributed by atoms with van der Waals surface area (Å²) in [6, 6.07) is 10.7. The summed E-state index contributed by atoms with van der Waals surface area (Å²) >= 11 is 0. The Hall–Kier alpha value is -4.02. The fraction of sp³-hybridized carbons (Fsp3) is 0.190. The number of hydrogen-bond acceptors (Lipinski definition) is 6. The highest BCUT2D eigenvalue weighted by Gasteiger charge is 2.36. The molecule has 1 aromatic heterocycles. The average molecular weight is 447 g/mol. The lowest BCUT2D eigenvalue weighted by molar-refractivity contribution is -0.385. The zero-order valence-electron chi connectivity index (χ0n) is 16.6. The summed E-state index contributed by atoms with van der Waals surface area (Å²) in [5.74, 6) is -1.79. The van der Waals surface area contributed by atoms with E-state index in [9.17, 15) is 32.9 Å². The standard InChI is InChI=1S/C21H16F3N3O5/c1-12(32-18(28)10-14-5-2-4-13-6-3-9-25-19(13)14)20(29)26-17-8-7-15(27(30)31)11-16(17)21(22,23)24/h2-9,11-12H,10H2,1H3,(H,26,29). The molecule has 8 nitrogen and oxygen atoms in total. The van der Waals surface area contributed by atoms with E-state index < -0.39 is 46.0 Å². The van der Waals surface area contributed by atoms with E-state index in [1.165, 1.54) is 6.92 Å². The Morgan fingerprint density at radius 3 is 2.59 bits per heavy atom. The summed E-state index contributed by atoms with van der Waals surface area (Å²) in [6.07, 6.45) is -5.00. The van der Waals surface area contributed by atoms with Gasteiger partial charge in [-0.1, -0.05) is 24.3 Å². The van der Waals surface area contributed by atoms with Gasteiger partial charge in [0.1, 0.15) is 0 Å². The third-order valence-corrected chi connectivity index (χ3v) is 4.51. The molecule has 2 aromatic carbocycles. The monoisotopic (exact) mass is 447 g/mol. The quantitative estimate of drug-likeness (QED) is 0.343. The van der Waals surface area contributed by atoms with Crippen LogP contribution in [-0.4, -0.2) is 27.9 Å². The SMILES string of the molecule is CC(OC(=O)Cc1cccc2cccnc12)C(=O)Nc1ccc([N+](=O)[O-])cc1C(F)(F)F. The van der Waals surface area contributed by atoms with E-state index in [1.807, 2.05) is 17.4 Å². The van der Waals surface area contributed by atoms with Crippen LogP contribution < -0.4 is 5.32 Å². The molecule has 0 aliphatic rings. The van der Waals surface area contributed by atoms with Crippen molar-refractivity contribution >= 4 is 34.2 Å². The lowest BCUT2D eigenvalue weighted by atomic mass is 10.1. The maximum atomic E-state index is 13.3. The number of non-ortho nitro benzene ring substituents is 1. The minimum Gasteiger partial charge on any atom is -0.452 e. The van der Waals surface area contributed by atoms with E-state index in [4.69, 9.17) is 4.74 Å². The van der Waals surface area contributed by atoms with Crippen LogP contribution in [0.2, 0.25) is 0 Å². The third-order valence-electron chi connectivity index (χ3n) is 4.51. The molecule has 1 amide bonds. The maximum absolute atomic E-state index is 13.3. The molecular weight excluding hydrogens is 431 g/mol. The van der Waals surface area contributed by atoms with Crippen LogP contribution in [-0.2, 0) is 26.9 Å². The van der Waals surface area contributed by atoms with E-state index in [1.54, 1.807) is 24.4 Å². The highest BCUT2D eigenvalue weighted by Crippen LogP contribution is 2.37. The number of fused-ring (bicyclic) bond motifs is 1. The summed E-state index contributed by atoms with van der Waals surface area (Å²) in [5, 5.41) is 13.6. The van der Waals surface area contributed by atoms with E-state index >= 15 is 0 Å². The topological polar surface area (TPSA) is 111 Å². The van der Waals surface area contributed by atoms with Gasteiger partial charge in [0, 0.05) is 23.7 Å². The number of hydrogen-bond donors (Lipinski definition) is 1. The summed E-state index contributed by atoms with van der Waals surface area (Å²) in [4.78, 5) is 38.6. The molecule has 0 fully saturated rings. The molecular formula is C21H16F3N3O5. The van der Waals surface area contributed by atoms with Crippen molar-refractivity contribution in [3.63, 3.8) is 0 Å². The Balaban J connectivity index is 1.71. The number of rotatable bonds is 6. The normalized spacial score (nSPS) is 12.2. The van der Waals surface area contributed by atoms with Crippen LogP contribution in [0.5, 0.6) is 0 Å². The maximum Gasteiger partial charge on any atom is 0.418 e. The number of pyridine rings is 1. The molecule has 1 atom stereocenters. The van der Waals surface area contributed by atoms with Crippen molar-refractivity contribution in [2.75, 3.05) is 5.32 Å². The molecule has 11 heteroatoms. The van der Waals surface area contributed by atoms with Crippen LogP contribution in [0.15, 0.2) is 54.7 Å². The van der Waals surface area contributed by atoms with Crippen LogP contribution in [0.25, 0.3) is 10.9 Å². The molecule has 0 saturated heterocycles. The summed E-state index contributed by atoms with van der Waals surface area (Å²) < 4.78 is 44.8. The first kappa shape index (κ1) is 22.7. The van der Waals surface area contributed by atoms with Crippen LogP contribution in [0, 0.1) is 10.1 Å². The van der Waals surface area contributed by atoms with Gasteiger partial charge in [-0.2, -0.15) is 13.2 Å². The zero-order chi connectivity index (χ0) is 23.5. The van der Waals surface area contributed by atoms with Gasteiger partial charge in [-0.05, 0) is 24.6 Å². The van der Waals surface area contributed by atoms with E-state index in [0.717, 1.165) is 17.5 Å². The van der Waals surface area contributed by atoms with Gasteiger partial charge < -0.3 is 10.1 Å². The number of nitrogens with one attached hydrogen (secondary N) is 1. The number of nitro groups is 1. The van der Waals surface area contributed by atoms with Crippen molar-refractivity contribution in [1.82, 2.24) is 4.98 Å². The zero-order valence-corrected chi connectivity index (χ0v) is 16.6. The lowest BCUT2D eigenvalue weighted by Gasteiger charge is -2.17. The largest absolute Gasteiger partial charge is 0.452 e. The number of ether oxygens (including phenoxy) is 1. The smallest absolute Gasteiger partial charge is 0.418 e. The fourth-order valence-corrected chi connectivity index (χ4v) is 2.98. The minimum absolute atomic E-state index is 0.197. The molecule has 1 unspecified atom stereocenters. The van der Waals surface area contributed by atoms with Crippen molar-refractivity contribution in [3.05, 3.63) is 76.0 Å². The predicted octanol–water partition coefficient (Wildman–Crippen LogP) is 4.27. The number of halogens is 3.